The molecule has 49 heavy (non-hydrogen) atoms. The summed E-state index contributed by atoms with van der Waals surface area (Å²) >= 11 is 0. The van der Waals surface area contributed by atoms with Gasteiger partial charge in [0, 0.05) is 7.11 Å². The van der Waals surface area contributed by atoms with E-state index in [4.69, 9.17) is 9.47 Å². The van der Waals surface area contributed by atoms with Crippen molar-refractivity contribution >= 4 is 0 Å². The summed E-state index contributed by atoms with van der Waals surface area (Å²) in [4.78, 5) is 0. The first-order valence-corrected chi connectivity index (χ1v) is 22.3. The normalized spacial score (nSPS) is 21.9. The van der Waals surface area contributed by atoms with E-state index in [2.05, 4.69) is 34.6 Å². The molecule has 5 unspecified atom stereocenters. The van der Waals surface area contributed by atoms with Crippen molar-refractivity contribution in [2.24, 2.45) is 29.6 Å². The molecule has 2 aliphatic rings. The quantitative estimate of drug-likeness (QED) is 0.0434. The van der Waals surface area contributed by atoms with E-state index in [0.717, 1.165) is 36.2 Å². The summed E-state index contributed by atoms with van der Waals surface area (Å²) in [5, 5.41) is 0. The van der Waals surface area contributed by atoms with Crippen molar-refractivity contribution in [2.75, 3.05) is 20.3 Å². The molecule has 0 aromatic rings. The third kappa shape index (κ3) is 28.8. The molecule has 3 heteroatoms. The van der Waals surface area contributed by atoms with Crippen LogP contribution in [-0.2, 0) is 9.47 Å². The number of ether oxygens (including phenoxy) is 2. The van der Waals surface area contributed by atoms with Gasteiger partial charge in [0.1, 0.15) is 0 Å². The smallest absolute Gasteiger partial charge is 0.0991 e. The fraction of sp³-hybridized carbons (Fsp3) is 0.957. The van der Waals surface area contributed by atoms with Gasteiger partial charge >= 0.3 is 0 Å². The highest BCUT2D eigenvalue weighted by atomic mass is 16.6. The molecule has 1 heterocycles. The van der Waals surface area contributed by atoms with Crippen molar-refractivity contribution < 1.29 is 9.47 Å². The zero-order valence-electron chi connectivity index (χ0n) is 34.8. The molecule has 0 aromatic heterocycles. The summed E-state index contributed by atoms with van der Waals surface area (Å²) in [6.45, 7) is 13.4. The molecule has 3 N–H and O–H groups in total. The van der Waals surface area contributed by atoms with Gasteiger partial charge in [0.05, 0.1) is 19.3 Å². The summed E-state index contributed by atoms with van der Waals surface area (Å²) in [7, 11) is 1.68. The standard InChI is InChI=1S/C40H80.C6H10O2.H3N/c1-6-9-12-15-17-23-28-33-40-38(31-26-21-19-18-20-24-29-36(4)5)35-34-37(30-25-14-11-8-3)39(40)32-27-22-16-13-10-7-2;1-7-4-2-3-6-5-8-6;/h36-40H,6-35H2,1-5H3;2-3,6H,4-5H2,1H3;1H3/b;3-2-;. The Morgan fingerprint density at radius 2 is 0.918 bits per heavy atom. The number of epoxide rings is 1. The second kappa shape index (κ2) is 36.0. The molecule has 1 aliphatic carbocycles. The molecule has 1 saturated carbocycles. The van der Waals surface area contributed by atoms with Crippen LogP contribution in [0.15, 0.2) is 12.2 Å². The van der Waals surface area contributed by atoms with Gasteiger partial charge < -0.3 is 15.6 Å². The molecule has 0 bridgehead atoms. The molecule has 0 amide bonds. The Morgan fingerprint density at radius 3 is 1.31 bits per heavy atom. The van der Waals surface area contributed by atoms with Crippen LogP contribution in [0.4, 0.5) is 0 Å². The summed E-state index contributed by atoms with van der Waals surface area (Å²) in [5.74, 6) is 5.11. The maximum Gasteiger partial charge on any atom is 0.0991 e. The van der Waals surface area contributed by atoms with Crippen molar-refractivity contribution in [1.29, 1.82) is 0 Å². The van der Waals surface area contributed by atoms with E-state index in [-0.39, 0.29) is 6.15 Å². The molecule has 0 radical (unpaired) electrons. The third-order valence-corrected chi connectivity index (χ3v) is 11.7. The van der Waals surface area contributed by atoms with Gasteiger partial charge in [0.2, 0.25) is 0 Å². The van der Waals surface area contributed by atoms with Crippen LogP contribution in [0.25, 0.3) is 0 Å². The van der Waals surface area contributed by atoms with Crippen molar-refractivity contribution in [3.8, 4) is 0 Å². The van der Waals surface area contributed by atoms with Gasteiger partial charge in [-0.3, -0.25) is 0 Å². The lowest BCUT2D eigenvalue weighted by molar-refractivity contribution is 0.0581. The number of rotatable bonds is 32. The molecule has 1 saturated heterocycles. The number of hydrogen-bond donors (Lipinski definition) is 1. The van der Waals surface area contributed by atoms with Gasteiger partial charge in [-0.1, -0.05) is 214 Å². The van der Waals surface area contributed by atoms with Crippen molar-refractivity contribution in [1.82, 2.24) is 6.15 Å². The second-order valence-corrected chi connectivity index (χ2v) is 16.6. The minimum Gasteiger partial charge on any atom is -0.381 e. The number of unbranched alkanes of at least 4 members (excludes halogenated alkanes) is 19. The Bertz CT molecular complexity index is 674. The van der Waals surface area contributed by atoms with Gasteiger partial charge in [-0.2, -0.15) is 0 Å². The van der Waals surface area contributed by atoms with E-state index in [0.29, 0.717) is 12.7 Å². The van der Waals surface area contributed by atoms with Gasteiger partial charge in [0.15, 0.2) is 0 Å². The van der Waals surface area contributed by atoms with Gasteiger partial charge in [-0.25, -0.2) is 0 Å². The number of methoxy groups -OCH3 is 1. The van der Waals surface area contributed by atoms with Crippen LogP contribution in [0.2, 0.25) is 0 Å². The summed E-state index contributed by atoms with van der Waals surface area (Å²) < 4.78 is 9.69. The summed E-state index contributed by atoms with van der Waals surface area (Å²) in [5.41, 5.74) is 0. The molecule has 294 valence electrons. The van der Waals surface area contributed by atoms with E-state index >= 15 is 0 Å². The predicted octanol–water partition coefficient (Wildman–Crippen LogP) is 15.6. The van der Waals surface area contributed by atoms with Crippen LogP contribution in [-0.4, -0.2) is 26.4 Å². The van der Waals surface area contributed by atoms with E-state index in [1.807, 2.05) is 12.2 Å². The Kier molecular flexibility index (Phi) is 35.7. The van der Waals surface area contributed by atoms with Crippen molar-refractivity contribution in [2.45, 2.75) is 233 Å². The van der Waals surface area contributed by atoms with E-state index in [1.54, 1.807) is 45.6 Å². The lowest BCUT2D eigenvalue weighted by atomic mass is 9.61. The highest BCUT2D eigenvalue weighted by molar-refractivity contribution is 4.95. The molecule has 5 atom stereocenters. The lowest BCUT2D eigenvalue weighted by Crippen LogP contribution is -2.35. The lowest BCUT2D eigenvalue weighted by Gasteiger charge is -2.44. The van der Waals surface area contributed by atoms with Crippen LogP contribution < -0.4 is 6.15 Å². The summed E-state index contributed by atoms with van der Waals surface area (Å²) in [6.07, 6.45) is 49.1. The molecule has 0 spiro atoms. The SMILES string of the molecule is CCCCCCCCCC1C(CCCCCCCCC(C)C)CCC(CCCCCC)C1CCCCCCCC.COC/C=C\C1CO1.N. The first-order chi connectivity index (χ1) is 23.6. The van der Waals surface area contributed by atoms with Crippen LogP contribution in [0.5, 0.6) is 0 Å². The number of hydrogen-bond acceptors (Lipinski definition) is 3. The minimum atomic E-state index is 0. The topological polar surface area (TPSA) is 56.8 Å². The molecule has 3 nitrogen and oxygen atoms in total. The average molecular weight is 692 g/mol. The predicted molar refractivity (Wildman–Crippen MR) is 220 cm³/mol. The molecule has 0 aromatic carbocycles. The molecular weight excluding hydrogens is 599 g/mol. The van der Waals surface area contributed by atoms with E-state index in [9.17, 15) is 0 Å². The van der Waals surface area contributed by atoms with E-state index < -0.39 is 0 Å². The van der Waals surface area contributed by atoms with Crippen LogP contribution in [0.3, 0.4) is 0 Å². The Labute approximate surface area is 310 Å². The molecule has 1 aliphatic heterocycles. The Balaban J connectivity index is 0.00000223. The first-order valence-electron chi connectivity index (χ1n) is 22.3. The largest absolute Gasteiger partial charge is 0.381 e. The van der Waals surface area contributed by atoms with Crippen LogP contribution >= 0.6 is 0 Å². The summed E-state index contributed by atoms with van der Waals surface area (Å²) in [6, 6.07) is 0. The van der Waals surface area contributed by atoms with Gasteiger partial charge in [-0.15, -0.1) is 0 Å². The Hall–Kier alpha value is -0.380. The fourth-order valence-corrected chi connectivity index (χ4v) is 8.64. The van der Waals surface area contributed by atoms with Crippen molar-refractivity contribution in [3.05, 3.63) is 12.2 Å². The molecule has 2 fully saturated rings. The maximum atomic E-state index is 4.91. The Morgan fingerprint density at radius 1 is 0.551 bits per heavy atom. The second-order valence-electron chi connectivity index (χ2n) is 16.6. The minimum absolute atomic E-state index is 0. The maximum absolute atomic E-state index is 4.91. The highest BCUT2D eigenvalue weighted by Crippen LogP contribution is 2.47. The zero-order chi connectivity index (χ0) is 34.9. The zero-order valence-corrected chi connectivity index (χ0v) is 34.8. The van der Waals surface area contributed by atoms with Crippen LogP contribution in [0, 0.1) is 29.6 Å². The highest BCUT2D eigenvalue weighted by Gasteiger charge is 2.37. The van der Waals surface area contributed by atoms with Crippen LogP contribution in [0.1, 0.15) is 227 Å². The first kappa shape index (κ1) is 48.6. The van der Waals surface area contributed by atoms with Gasteiger partial charge in [0.25, 0.3) is 0 Å². The third-order valence-electron chi connectivity index (χ3n) is 11.7. The molecule has 2 rings (SSSR count). The monoisotopic (exact) mass is 692 g/mol. The molecular formula is C46H93NO2. The van der Waals surface area contributed by atoms with E-state index in [1.165, 1.54) is 154 Å². The average Bonchev–Trinajstić information content (AvgIpc) is 3.91. The van der Waals surface area contributed by atoms with Crippen molar-refractivity contribution in [3.63, 3.8) is 0 Å². The van der Waals surface area contributed by atoms with Gasteiger partial charge in [-0.05, 0) is 55.3 Å². The fourth-order valence-electron chi connectivity index (χ4n) is 8.64.